The number of nitrogens with zero attached hydrogens (tertiary/aromatic N) is 1. The molecule has 3 nitrogen and oxygen atoms in total. The van der Waals surface area contributed by atoms with Gasteiger partial charge in [-0.2, -0.15) is 0 Å². The summed E-state index contributed by atoms with van der Waals surface area (Å²) in [7, 11) is 0. The molecule has 1 aromatic rings. The lowest BCUT2D eigenvalue weighted by atomic mass is 9.93. The molecule has 1 aliphatic carbocycles. The van der Waals surface area contributed by atoms with Crippen LogP contribution in [0, 0.1) is 0 Å². The largest absolute Gasteiger partial charge is 0.389 e. The molecule has 0 fully saturated rings. The molecule has 0 aliphatic heterocycles. The number of rotatable bonds is 2. The van der Waals surface area contributed by atoms with Gasteiger partial charge in [-0.1, -0.05) is 17.7 Å². The van der Waals surface area contributed by atoms with Gasteiger partial charge in [-0.3, -0.25) is 0 Å². The molecule has 0 amide bonds. The van der Waals surface area contributed by atoms with E-state index in [1.165, 1.54) is 5.57 Å². The molecule has 1 aromatic heterocycles. The third-order valence-corrected chi connectivity index (χ3v) is 2.77. The molecule has 0 saturated heterocycles. The summed E-state index contributed by atoms with van der Waals surface area (Å²) < 4.78 is 0. The van der Waals surface area contributed by atoms with E-state index < -0.39 is 0 Å². The number of hydrogen-bond acceptors (Lipinski definition) is 3. The summed E-state index contributed by atoms with van der Waals surface area (Å²) in [5, 5.41) is 9.50. The van der Waals surface area contributed by atoms with Crippen LogP contribution in [0.2, 0.25) is 0 Å². The number of hydrogen-bond donors (Lipinski definition) is 2. The third-order valence-electron chi connectivity index (χ3n) is 2.77. The summed E-state index contributed by atoms with van der Waals surface area (Å²) >= 11 is 0. The van der Waals surface area contributed by atoms with Gasteiger partial charge < -0.3 is 10.8 Å². The number of aliphatic hydroxyl groups is 1. The number of aliphatic hydroxyl groups excluding tert-OH is 1. The quantitative estimate of drug-likeness (QED) is 0.720. The van der Waals surface area contributed by atoms with E-state index in [1.807, 2.05) is 18.2 Å². The lowest BCUT2D eigenvalue weighted by molar-refractivity contribution is 0.202. The molecule has 3 N–H and O–H groups in total. The summed E-state index contributed by atoms with van der Waals surface area (Å²) in [4.78, 5) is 4.05. The minimum Gasteiger partial charge on any atom is -0.389 e. The Labute approximate surface area is 89.6 Å². The van der Waals surface area contributed by atoms with Gasteiger partial charge in [-0.15, -0.1) is 0 Å². The monoisotopic (exact) mass is 204 g/mol. The Hall–Kier alpha value is -1.35. The van der Waals surface area contributed by atoms with Crippen molar-refractivity contribution in [2.45, 2.75) is 31.8 Å². The summed E-state index contributed by atoms with van der Waals surface area (Å²) in [6.07, 6.45) is 7.20. The molecule has 2 rings (SSSR count). The molecule has 0 bridgehead atoms. The molecule has 0 radical (unpaired) electrons. The number of nitrogen functional groups attached to an aromatic ring is 1. The zero-order valence-corrected chi connectivity index (χ0v) is 8.69. The van der Waals surface area contributed by atoms with Crippen molar-refractivity contribution in [1.29, 1.82) is 0 Å². The Kier molecular flexibility index (Phi) is 3.02. The van der Waals surface area contributed by atoms with Gasteiger partial charge in [0.2, 0.25) is 0 Å². The van der Waals surface area contributed by atoms with Crippen LogP contribution >= 0.6 is 0 Å². The van der Waals surface area contributed by atoms with Crippen molar-refractivity contribution in [3.8, 4) is 0 Å². The van der Waals surface area contributed by atoms with Crippen LogP contribution in [0.5, 0.6) is 0 Å². The second-order valence-electron chi connectivity index (χ2n) is 4.01. The Morgan fingerprint density at radius 1 is 1.53 bits per heavy atom. The summed E-state index contributed by atoms with van der Waals surface area (Å²) in [5.41, 5.74) is 8.10. The predicted molar refractivity (Wildman–Crippen MR) is 60.3 cm³/mol. The molecule has 1 aliphatic rings. The summed E-state index contributed by atoms with van der Waals surface area (Å²) in [5.74, 6) is 0.596. The normalized spacial score (nSPS) is 21.1. The first-order chi connectivity index (χ1) is 7.25. The summed E-state index contributed by atoms with van der Waals surface area (Å²) in [6, 6.07) is 3.88. The van der Waals surface area contributed by atoms with Crippen LogP contribution in [0.1, 0.15) is 24.8 Å². The van der Waals surface area contributed by atoms with Crippen LogP contribution in [-0.4, -0.2) is 16.2 Å². The van der Waals surface area contributed by atoms with Crippen molar-refractivity contribution in [2.75, 3.05) is 5.73 Å². The standard InChI is InChI=1S/C12H16N2O/c13-12-10(4-2-6-14-12)7-9-3-1-5-11(15)8-9/h2,4,6,8,11,15H,1,3,5,7H2,(H2,13,14). The minimum atomic E-state index is -0.272. The maximum absolute atomic E-state index is 9.50. The zero-order valence-electron chi connectivity index (χ0n) is 8.69. The molecule has 1 unspecified atom stereocenters. The second-order valence-corrected chi connectivity index (χ2v) is 4.01. The average molecular weight is 204 g/mol. The summed E-state index contributed by atoms with van der Waals surface area (Å²) in [6.45, 7) is 0. The minimum absolute atomic E-state index is 0.272. The van der Waals surface area contributed by atoms with Gasteiger partial charge >= 0.3 is 0 Å². The van der Waals surface area contributed by atoms with Gasteiger partial charge in [0.05, 0.1) is 6.10 Å². The predicted octanol–water partition coefficient (Wildman–Crippen LogP) is 1.68. The lowest BCUT2D eigenvalue weighted by Gasteiger charge is -2.17. The van der Waals surface area contributed by atoms with Crippen molar-refractivity contribution in [3.63, 3.8) is 0 Å². The first-order valence-electron chi connectivity index (χ1n) is 5.32. The van der Waals surface area contributed by atoms with E-state index in [1.54, 1.807) is 6.20 Å². The SMILES string of the molecule is Nc1ncccc1CC1=CC(O)CCC1. The van der Waals surface area contributed by atoms with E-state index in [4.69, 9.17) is 5.73 Å². The number of allylic oxidation sites excluding steroid dienone is 1. The van der Waals surface area contributed by atoms with Gasteiger partial charge in [0.25, 0.3) is 0 Å². The Morgan fingerprint density at radius 3 is 3.13 bits per heavy atom. The van der Waals surface area contributed by atoms with Crippen LogP contribution in [0.15, 0.2) is 30.0 Å². The fraction of sp³-hybridized carbons (Fsp3) is 0.417. The van der Waals surface area contributed by atoms with E-state index in [0.717, 1.165) is 31.2 Å². The van der Waals surface area contributed by atoms with Crippen LogP contribution in [0.3, 0.4) is 0 Å². The number of pyridine rings is 1. The highest BCUT2D eigenvalue weighted by molar-refractivity contribution is 5.41. The van der Waals surface area contributed by atoms with Gasteiger partial charge in [0.1, 0.15) is 5.82 Å². The molecule has 3 heteroatoms. The third kappa shape index (κ3) is 2.57. The fourth-order valence-electron chi connectivity index (χ4n) is 1.97. The Bertz CT molecular complexity index is 374. The highest BCUT2D eigenvalue weighted by atomic mass is 16.3. The van der Waals surface area contributed by atoms with E-state index in [2.05, 4.69) is 4.98 Å². The average Bonchev–Trinajstić information content (AvgIpc) is 2.22. The highest BCUT2D eigenvalue weighted by Crippen LogP contribution is 2.22. The van der Waals surface area contributed by atoms with E-state index in [-0.39, 0.29) is 6.10 Å². The van der Waals surface area contributed by atoms with Gasteiger partial charge in [-0.05, 0) is 37.3 Å². The van der Waals surface area contributed by atoms with Crippen LogP contribution in [0.4, 0.5) is 5.82 Å². The van der Waals surface area contributed by atoms with Gasteiger partial charge in [-0.25, -0.2) is 4.98 Å². The van der Waals surface area contributed by atoms with Crippen molar-refractivity contribution < 1.29 is 5.11 Å². The lowest BCUT2D eigenvalue weighted by Crippen LogP contribution is -2.10. The molecule has 0 spiro atoms. The molecule has 1 atom stereocenters. The molecular formula is C12H16N2O. The number of anilines is 1. The van der Waals surface area contributed by atoms with Crippen molar-refractivity contribution in [3.05, 3.63) is 35.5 Å². The van der Waals surface area contributed by atoms with Crippen LogP contribution < -0.4 is 5.73 Å². The van der Waals surface area contributed by atoms with E-state index >= 15 is 0 Å². The second kappa shape index (κ2) is 4.45. The van der Waals surface area contributed by atoms with Crippen molar-refractivity contribution >= 4 is 5.82 Å². The zero-order chi connectivity index (χ0) is 10.7. The molecule has 0 saturated carbocycles. The maximum Gasteiger partial charge on any atom is 0.126 e. The molecule has 0 aromatic carbocycles. The number of aromatic nitrogens is 1. The van der Waals surface area contributed by atoms with E-state index in [0.29, 0.717) is 5.82 Å². The Morgan fingerprint density at radius 2 is 2.40 bits per heavy atom. The topological polar surface area (TPSA) is 59.1 Å². The molecular weight excluding hydrogens is 188 g/mol. The molecule has 1 heterocycles. The van der Waals surface area contributed by atoms with Gasteiger partial charge in [0.15, 0.2) is 0 Å². The highest BCUT2D eigenvalue weighted by Gasteiger charge is 2.12. The maximum atomic E-state index is 9.50. The smallest absolute Gasteiger partial charge is 0.126 e. The van der Waals surface area contributed by atoms with Gasteiger partial charge in [0, 0.05) is 6.20 Å². The van der Waals surface area contributed by atoms with E-state index in [9.17, 15) is 5.11 Å². The first-order valence-corrected chi connectivity index (χ1v) is 5.32. The molecule has 80 valence electrons. The first kappa shape index (κ1) is 10.2. The van der Waals surface area contributed by atoms with Crippen molar-refractivity contribution in [2.24, 2.45) is 0 Å². The Balaban J connectivity index is 2.12. The molecule has 15 heavy (non-hydrogen) atoms. The van der Waals surface area contributed by atoms with Crippen molar-refractivity contribution in [1.82, 2.24) is 4.98 Å². The fourth-order valence-corrected chi connectivity index (χ4v) is 1.97. The van der Waals surface area contributed by atoms with Crippen LogP contribution in [0.25, 0.3) is 0 Å². The van der Waals surface area contributed by atoms with Crippen LogP contribution in [-0.2, 0) is 6.42 Å². The number of nitrogens with two attached hydrogens (primary N) is 1.